The molecule has 1 heterocycles. The van der Waals surface area contributed by atoms with Crippen LogP contribution in [0.4, 0.5) is 10.1 Å². The van der Waals surface area contributed by atoms with Crippen LogP contribution in [0.1, 0.15) is 15.2 Å². The van der Waals surface area contributed by atoms with E-state index in [1.54, 1.807) is 11.3 Å². The third kappa shape index (κ3) is 3.08. The van der Waals surface area contributed by atoms with Crippen LogP contribution in [0.5, 0.6) is 0 Å². The summed E-state index contributed by atoms with van der Waals surface area (Å²) in [6.45, 7) is 0.502. The lowest BCUT2D eigenvalue weighted by Gasteiger charge is -2.08. The first kappa shape index (κ1) is 13.0. The standard InChI is InChI=1S/C12H9BrFNO2S/c13-7-3-9(18-6-7)5-15-11-2-1-8(14)4-10(11)12(16)17/h1-4,6,15H,5H2,(H,16,17). The molecule has 94 valence electrons. The van der Waals surface area contributed by atoms with Crippen LogP contribution in [0.25, 0.3) is 0 Å². The lowest BCUT2D eigenvalue weighted by atomic mass is 10.1. The van der Waals surface area contributed by atoms with Crippen molar-refractivity contribution in [1.29, 1.82) is 0 Å². The Hall–Kier alpha value is -1.40. The second-order valence-electron chi connectivity index (χ2n) is 3.58. The van der Waals surface area contributed by atoms with Gasteiger partial charge in [0.25, 0.3) is 0 Å². The van der Waals surface area contributed by atoms with Crippen molar-refractivity contribution >= 4 is 38.9 Å². The Balaban J connectivity index is 2.16. The van der Waals surface area contributed by atoms with Crippen molar-refractivity contribution in [3.8, 4) is 0 Å². The molecule has 2 rings (SSSR count). The van der Waals surface area contributed by atoms with E-state index in [4.69, 9.17) is 5.11 Å². The van der Waals surface area contributed by atoms with Crippen LogP contribution in [0.3, 0.4) is 0 Å². The number of carboxylic acid groups (broad SMARTS) is 1. The summed E-state index contributed by atoms with van der Waals surface area (Å²) in [5, 5.41) is 13.9. The number of aromatic carboxylic acids is 1. The molecule has 0 atom stereocenters. The summed E-state index contributed by atoms with van der Waals surface area (Å²) in [4.78, 5) is 12.0. The molecule has 18 heavy (non-hydrogen) atoms. The molecule has 3 nitrogen and oxygen atoms in total. The van der Waals surface area contributed by atoms with Gasteiger partial charge in [-0.25, -0.2) is 9.18 Å². The topological polar surface area (TPSA) is 49.3 Å². The molecule has 0 aliphatic heterocycles. The van der Waals surface area contributed by atoms with E-state index in [9.17, 15) is 9.18 Å². The molecule has 0 aliphatic carbocycles. The van der Waals surface area contributed by atoms with E-state index in [0.717, 1.165) is 15.4 Å². The zero-order valence-electron chi connectivity index (χ0n) is 9.11. The highest BCUT2D eigenvalue weighted by atomic mass is 79.9. The third-order valence-corrected chi connectivity index (χ3v) is 3.98. The van der Waals surface area contributed by atoms with Gasteiger partial charge < -0.3 is 10.4 Å². The van der Waals surface area contributed by atoms with Gasteiger partial charge in [0.05, 0.1) is 5.56 Å². The van der Waals surface area contributed by atoms with Gasteiger partial charge in [0.15, 0.2) is 0 Å². The average molecular weight is 330 g/mol. The molecule has 0 spiro atoms. The number of carboxylic acids is 1. The first-order valence-electron chi connectivity index (χ1n) is 5.06. The van der Waals surface area contributed by atoms with E-state index < -0.39 is 11.8 Å². The summed E-state index contributed by atoms with van der Waals surface area (Å²) in [5.41, 5.74) is 0.346. The smallest absolute Gasteiger partial charge is 0.337 e. The van der Waals surface area contributed by atoms with Crippen molar-refractivity contribution in [2.24, 2.45) is 0 Å². The van der Waals surface area contributed by atoms with Crippen molar-refractivity contribution in [1.82, 2.24) is 0 Å². The Kier molecular flexibility index (Phi) is 3.98. The zero-order chi connectivity index (χ0) is 13.1. The molecule has 0 fully saturated rings. The molecule has 0 saturated carbocycles. The SMILES string of the molecule is O=C(O)c1cc(F)ccc1NCc1cc(Br)cs1. The van der Waals surface area contributed by atoms with Gasteiger partial charge in [-0.15, -0.1) is 11.3 Å². The molecule has 0 aliphatic rings. The molecule has 0 radical (unpaired) electrons. The van der Waals surface area contributed by atoms with Crippen LogP contribution in [0.2, 0.25) is 0 Å². The van der Waals surface area contributed by atoms with Gasteiger partial charge in [0, 0.05) is 27.0 Å². The van der Waals surface area contributed by atoms with Gasteiger partial charge in [0.2, 0.25) is 0 Å². The number of rotatable bonds is 4. The lowest BCUT2D eigenvalue weighted by molar-refractivity contribution is 0.0697. The number of hydrogen-bond donors (Lipinski definition) is 2. The summed E-state index contributed by atoms with van der Waals surface area (Å²) in [6, 6.07) is 5.62. The quantitative estimate of drug-likeness (QED) is 0.892. The third-order valence-electron chi connectivity index (χ3n) is 2.29. The van der Waals surface area contributed by atoms with Crippen LogP contribution in [0, 0.1) is 5.82 Å². The maximum Gasteiger partial charge on any atom is 0.337 e. The summed E-state index contributed by atoms with van der Waals surface area (Å²) >= 11 is 4.90. The molecule has 1 aromatic carbocycles. The number of thiophene rings is 1. The highest BCUT2D eigenvalue weighted by Gasteiger charge is 2.11. The van der Waals surface area contributed by atoms with E-state index >= 15 is 0 Å². The fourth-order valence-corrected chi connectivity index (χ4v) is 2.87. The second kappa shape index (κ2) is 5.49. The largest absolute Gasteiger partial charge is 0.478 e. The van der Waals surface area contributed by atoms with Crippen molar-refractivity contribution in [3.63, 3.8) is 0 Å². The molecule has 0 unspecified atom stereocenters. The highest BCUT2D eigenvalue weighted by molar-refractivity contribution is 9.10. The predicted octanol–water partition coefficient (Wildman–Crippen LogP) is 3.96. The van der Waals surface area contributed by atoms with E-state index in [1.807, 2.05) is 11.4 Å². The molecule has 1 aromatic heterocycles. The second-order valence-corrected chi connectivity index (χ2v) is 5.49. The van der Waals surface area contributed by atoms with Crippen molar-refractivity contribution < 1.29 is 14.3 Å². The molecule has 0 bridgehead atoms. The molecular weight excluding hydrogens is 321 g/mol. The zero-order valence-corrected chi connectivity index (χ0v) is 11.5. The Morgan fingerprint density at radius 2 is 2.22 bits per heavy atom. The Morgan fingerprint density at radius 1 is 1.44 bits per heavy atom. The Labute approximate surface area is 115 Å². The number of benzene rings is 1. The molecule has 2 aromatic rings. The first-order valence-corrected chi connectivity index (χ1v) is 6.73. The van der Waals surface area contributed by atoms with Crippen LogP contribution >= 0.6 is 27.3 Å². The first-order chi connectivity index (χ1) is 8.56. The van der Waals surface area contributed by atoms with E-state index in [1.165, 1.54) is 12.1 Å². The van der Waals surface area contributed by atoms with Gasteiger partial charge in [-0.2, -0.15) is 0 Å². The fraction of sp³-hybridized carbons (Fsp3) is 0.0833. The number of anilines is 1. The van der Waals surface area contributed by atoms with Gasteiger partial charge in [-0.3, -0.25) is 0 Å². The van der Waals surface area contributed by atoms with Crippen LogP contribution in [0.15, 0.2) is 34.1 Å². The molecular formula is C12H9BrFNO2S. The minimum Gasteiger partial charge on any atom is -0.478 e. The number of halogens is 2. The molecule has 0 saturated heterocycles. The predicted molar refractivity (Wildman–Crippen MR) is 72.7 cm³/mol. The summed E-state index contributed by atoms with van der Waals surface area (Å²) in [6.07, 6.45) is 0. The molecule has 2 N–H and O–H groups in total. The number of nitrogens with one attached hydrogen (secondary N) is 1. The van der Waals surface area contributed by atoms with Crippen LogP contribution in [-0.4, -0.2) is 11.1 Å². The average Bonchev–Trinajstić information content (AvgIpc) is 2.73. The number of hydrogen-bond acceptors (Lipinski definition) is 3. The Morgan fingerprint density at radius 3 is 2.83 bits per heavy atom. The normalized spacial score (nSPS) is 10.3. The van der Waals surface area contributed by atoms with Crippen LogP contribution in [-0.2, 0) is 6.54 Å². The fourth-order valence-electron chi connectivity index (χ4n) is 1.48. The van der Waals surface area contributed by atoms with Crippen molar-refractivity contribution in [2.75, 3.05) is 5.32 Å². The lowest BCUT2D eigenvalue weighted by Crippen LogP contribution is -2.06. The minimum atomic E-state index is -1.15. The summed E-state index contributed by atoms with van der Waals surface area (Å²) in [7, 11) is 0. The van der Waals surface area contributed by atoms with Crippen molar-refractivity contribution in [2.45, 2.75) is 6.54 Å². The minimum absolute atomic E-state index is 0.0642. The van der Waals surface area contributed by atoms with Gasteiger partial charge in [-0.1, -0.05) is 0 Å². The molecule has 0 amide bonds. The Bertz CT molecular complexity index is 585. The van der Waals surface area contributed by atoms with E-state index in [0.29, 0.717) is 12.2 Å². The number of carbonyl (C=O) groups is 1. The molecule has 6 heteroatoms. The maximum atomic E-state index is 13.0. The summed E-state index contributed by atoms with van der Waals surface area (Å²) < 4.78 is 14.0. The monoisotopic (exact) mass is 329 g/mol. The van der Waals surface area contributed by atoms with Gasteiger partial charge >= 0.3 is 5.97 Å². The van der Waals surface area contributed by atoms with E-state index in [2.05, 4.69) is 21.2 Å². The van der Waals surface area contributed by atoms with E-state index in [-0.39, 0.29) is 5.56 Å². The highest BCUT2D eigenvalue weighted by Crippen LogP contribution is 2.22. The van der Waals surface area contributed by atoms with Gasteiger partial charge in [-0.05, 0) is 40.2 Å². The maximum absolute atomic E-state index is 13.0. The van der Waals surface area contributed by atoms with Crippen molar-refractivity contribution in [3.05, 3.63) is 50.4 Å². The van der Waals surface area contributed by atoms with Crippen LogP contribution < -0.4 is 5.32 Å². The van der Waals surface area contributed by atoms with Gasteiger partial charge in [0.1, 0.15) is 5.82 Å². The summed E-state index contributed by atoms with van der Waals surface area (Å²) in [5.74, 6) is -1.71.